The largest absolute Gasteiger partial charge is 0.379 e. The predicted molar refractivity (Wildman–Crippen MR) is 158 cm³/mol. The van der Waals surface area contributed by atoms with E-state index >= 15 is 0 Å². The fourth-order valence-electron chi connectivity index (χ4n) is 5.75. The quantitative estimate of drug-likeness (QED) is 0.180. The van der Waals surface area contributed by atoms with Gasteiger partial charge < -0.3 is 20.1 Å². The Balaban J connectivity index is 1.28. The molecule has 2 aliphatic rings. The summed E-state index contributed by atoms with van der Waals surface area (Å²) >= 11 is 0. The summed E-state index contributed by atoms with van der Waals surface area (Å²) in [5.74, 6) is -0.0279. The molecule has 42 heavy (non-hydrogen) atoms. The summed E-state index contributed by atoms with van der Waals surface area (Å²) in [6, 6.07) is 10.8. The van der Waals surface area contributed by atoms with Crippen LogP contribution in [-0.4, -0.2) is 63.1 Å². The molecule has 218 valence electrons. The highest BCUT2D eigenvalue weighted by atomic mass is 16.6. The fraction of sp³-hybridized carbons (Fsp3) is 0.393. The van der Waals surface area contributed by atoms with Gasteiger partial charge in [0.25, 0.3) is 11.6 Å². The zero-order chi connectivity index (χ0) is 29.1. The number of hydrogen-bond donors (Lipinski definition) is 2. The lowest BCUT2D eigenvalue weighted by atomic mass is 10.0. The first kappa shape index (κ1) is 27.2. The van der Waals surface area contributed by atoms with Gasteiger partial charge in [-0.2, -0.15) is 5.10 Å². The molecule has 0 saturated carbocycles. The van der Waals surface area contributed by atoms with Crippen molar-refractivity contribution < 1.29 is 14.3 Å². The van der Waals surface area contributed by atoms with Crippen LogP contribution >= 0.6 is 0 Å². The summed E-state index contributed by atoms with van der Waals surface area (Å²) in [5, 5.41) is 23.8. The minimum absolute atomic E-state index is 0.0405. The number of aromatic nitrogens is 4. The van der Waals surface area contributed by atoms with Crippen molar-refractivity contribution in [2.24, 2.45) is 5.10 Å². The lowest BCUT2D eigenvalue weighted by molar-refractivity contribution is -0.384. The monoisotopic (exact) mass is 572 g/mol. The summed E-state index contributed by atoms with van der Waals surface area (Å²) < 4.78 is 6.41. The topological polar surface area (TPSA) is 174 Å². The Morgan fingerprint density at radius 1 is 1.02 bits per heavy atom. The third-order valence-corrected chi connectivity index (χ3v) is 7.79. The van der Waals surface area contributed by atoms with Crippen molar-refractivity contribution in [2.75, 3.05) is 41.7 Å². The molecule has 3 N–H and O–H groups in total. The number of nitrogens with one attached hydrogen (secondary N) is 1. The number of hydrazone groups is 1. The molecular formula is C28H32N10O4. The van der Waals surface area contributed by atoms with Crippen LogP contribution in [0, 0.1) is 10.1 Å². The summed E-state index contributed by atoms with van der Waals surface area (Å²) in [4.78, 5) is 33.8. The molecule has 1 amide bonds. The van der Waals surface area contributed by atoms with E-state index in [4.69, 9.17) is 10.4 Å². The summed E-state index contributed by atoms with van der Waals surface area (Å²) in [6.07, 6.45) is 7.90. The number of carbonyl (C=O) groups excluding carboxylic acids is 1. The zero-order valence-electron chi connectivity index (χ0n) is 23.1. The number of piperidine rings is 2. The second-order valence-electron chi connectivity index (χ2n) is 10.6. The first-order chi connectivity index (χ1) is 20.5. The maximum absolute atomic E-state index is 13.1. The van der Waals surface area contributed by atoms with Crippen molar-refractivity contribution in [3.8, 4) is 11.5 Å². The molecule has 4 aromatic rings. The second-order valence-corrected chi connectivity index (χ2v) is 10.6. The molecule has 0 atom stereocenters. The van der Waals surface area contributed by atoms with Crippen LogP contribution in [-0.2, 0) is 11.3 Å². The number of nitrogens with zero attached hydrogens (tertiary/aromatic N) is 8. The number of imidazole rings is 1. The van der Waals surface area contributed by atoms with Crippen LogP contribution in [0.4, 0.5) is 22.9 Å². The fourth-order valence-corrected chi connectivity index (χ4v) is 5.75. The van der Waals surface area contributed by atoms with Crippen LogP contribution in [0.1, 0.15) is 44.1 Å². The third kappa shape index (κ3) is 5.47. The van der Waals surface area contributed by atoms with Crippen LogP contribution in [0.25, 0.3) is 22.6 Å². The SMILES string of the molecule is Nc1nonc1-c1nc2ccccc2n1CC(=O)N/N=C/c1cc([N+](=O)[O-])c(N2CCCCC2)cc1N1CCCCC1. The van der Waals surface area contributed by atoms with Crippen molar-refractivity contribution >= 4 is 46.0 Å². The molecule has 0 spiro atoms. The average Bonchev–Trinajstić information content (AvgIpc) is 3.60. The van der Waals surface area contributed by atoms with Crippen LogP contribution in [0.15, 0.2) is 46.1 Å². The molecule has 2 fully saturated rings. The smallest absolute Gasteiger partial charge is 0.293 e. The summed E-state index contributed by atoms with van der Waals surface area (Å²) in [7, 11) is 0. The first-order valence-electron chi connectivity index (χ1n) is 14.2. The number of benzene rings is 2. The summed E-state index contributed by atoms with van der Waals surface area (Å²) in [5.41, 5.74) is 12.2. The van der Waals surface area contributed by atoms with Crippen molar-refractivity contribution in [1.29, 1.82) is 0 Å². The van der Waals surface area contributed by atoms with Crippen LogP contribution in [0.5, 0.6) is 0 Å². The molecule has 2 saturated heterocycles. The van der Waals surface area contributed by atoms with Gasteiger partial charge in [-0.3, -0.25) is 14.9 Å². The van der Waals surface area contributed by atoms with E-state index in [0.717, 1.165) is 70.4 Å². The molecule has 6 rings (SSSR count). The number of anilines is 3. The Hall–Kier alpha value is -5.01. The molecule has 2 aromatic heterocycles. The highest BCUT2D eigenvalue weighted by Gasteiger charge is 2.26. The van der Waals surface area contributed by atoms with Gasteiger partial charge in [0, 0.05) is 43.5 Å². The standard InChI is InChI=1S/C28H32N10O4/c29-27-26(33-42-34-27)28-31-20-9-3-4-10-21(20)37(28)18-25(39)32-30-17-19-15-24(38(40)41)23(36-13-7-2-8-14-36)16-22(19)35-11-5-1-6-12-35/h3-4,9-10,15-17H,1-2,5-8,11-14,18H2,(H2,29,34)(H,32,39)/b30-17+. The minimum atomic E-state index is -0.426. The van der Waals surface area contributed by atoms with Crippen molar-refractivity contribution in [2.45, 2.75) is 45.1 Å². The number of nitro groups is 1. The van der Waals surface area contributed by atoms with Crippen molar-refractivity contribution in [1.82, 2.24) is 25.3 Å². The maximum Gasteiger partial charge on any atom is 0.293 e. The van der Waals surface area contributed by atoms with Gasteiger partial charge in [0.05, 0.1) is 22.2 Å². The molecule has 4 heterocycles. The van der Waals surface area contributed by atoms with Gasteiger partial charge >= 0.3 is 0 Å². The van der Waals surface area contributed by atoms with Gasteiger partial charge in [0.15, 0.2) is 17.3 Å². The number of hydrogen-bond acceptors (Lipinski definition) is 11. The van der Waals surface area contributed by atoms with Crippen molar-refractivity contribution in [3.05, 3.63) is 52.1 Å². The Labute approximate surface area is 241 Å². The van der Waals surface area contributed by atoms with Gasteiger partial charge in [-0.15, -0.1) is 0 Å². The number of para-hydroxylation sites is 2. The predicted octanol–water partition coefficient (Wildman–Crippen LogP) is 3.71. The molecule has 0 aliphatic carbocycles. The van der Waals surface area contributed by atoms with E-state index in [1.807, 2.05) is 30.3 Å². The molecule has 0 unspecified atom stereocenters. The Kier molecular flexibility index (Phi) is 7.66. The lowest BCUT2D eigenvalue weighted by Crippen LogP contribution is -2.32. The molecule has 2 aromatic carbocycles. The number of nitro benzene ring substituents is 1. The molecule has 0 bridgehead atoms. The van der Waals surface area contributed by atoms with E-state index in [0.29, 0.717) is 28.1 Å². The van der Waals surface area contributed by atoms with E-state index in [1.165, 1.54) is 6.21 Å². The van der Waals surface area contributed by atoms with E-state index in [-0.39, 0.29) is 28.7 Å². The number of rotatable bonds is 8. The third-order valence-electron chi connectivity index (χ3n) is 7.79. The van der Waals surface area contributed by atoms with Crippen LogP contribution in [0.2, 0.25) is 0 Å². The van der Waals surface area contributed by atoms with Gasteiger partial charge in [-0.1, -0.05) is 12.1 Å². The molecule has 14 heteroatoms. The van der Waals surface area contributed by atoms with E-state index in [2.05, 4.69) is 35.6 Å². The van der Waals surface area contributed by atoms with Crippen LogP contribution in [0.3, 0.4) is 0 Å². The van der Waals surface area contributed by atoms with Gasteiger partial charge in [0.1, 0.15) is 12.2 Å². The van der Waals surface area contributed by atoms with E-state index in [9.17, 15) is 14.9 Å². The normalized spacial score (nSPS) is 15.9. The molecule has 2 aliphatic heterocycles. The highest BCUT2D eigenvalue weighted by Crippen LogP contribution is 2.37. The Morgan fingerprint density at radius 2 is 1.71 bits per heavy atom. The zero-order valence-corrected chi connectivity index (χ0v) is 23.1. The number of nitrogen functional groups attached to an aromatic ring is 1. The Morgan fingerprint density at radius 3 is 2.38 bits per heavy atom. The second kappa shape index (κ2) is 11.8. The molecular weight excluding hydrogens is 540 g/mol. The van der Waals surface area contributed by atoms with Crippen LogP contribution < -0.4 is 21.0 Å². The van der Waals surface area contributed by atoms with Gasteiger partial charge in [-0.25, -0.2) is 15.0 Å². The Bertz CT molecular complexity index is 1630. The number of amides is 1. The average molecular weight is 573 g/mol. The minimum Gasteiger partial charge on any atom is -0.379 e. The van der Waals surface area contributed by atoms with Crippen molar-refractivity contribution in [3.63, 3.8) is 0 Å². The summed E-state index contributed by atoms with van der Waals surface area (Å²) in [6.45, 7) is 3.18. The van der Waals surface area contributed by atoms with E-state index < -0.39 is 5.91 Å². The lowest BCUT2D eigenvalue weighted by Gasteiger charge is -2.33. The van der Waals surface area contributed by atoms with Gasteiger partial charge in [-0.05, 0) is 67.0 Å². The maximum atomic E-state index is 13.1. The molecule has 0 radical (unpaired) electrons. The number of carbonyl (C=O) groups is 1. The molecule has 14 nitrogen and oxygen atoms in total. The number of nitrogens with two attached hydrogens (primary N) is 1. The van der Waals surface area contributed by atoms with E-state index in [1.54, 1.807) is 10.6 Å². The number of fused-ring (bicyclic) bond motifs is 1. The highest BCUT2D eigenvalue weighted by molar-refractivity contribution is 5.93. The van der Waals surface area contributed by atoms with Gasteiger partial charge in [0.2, 0.25) is 0 Å². The first-order valence-corrected chi connectivity index (χ1v) is 14.2.